The number of hydrogen-bond donors (Lipinski definition) is 0. The Kier molecular flexibility index (Phi) is 5.26. The highest BCUT2D eigenvalue weighted by molar-refractivity contribution is 9.09. The molecule has 4 heteroatoms. The first-order chi connectivity index (χ1) is 9.11. The summed E-state index contributed by atoms with van der Waals surface area (Å²) < 4.78 is 13.4. The molecular formula is C15H12BrCl2F. The van der Waals surface area contributed by atoms with Crippen LogP contribution >= 0.6 is 39.1 Å². The van der Waals surface area contributed by atoms with Crippen LogP contribution in [0.25, 0.3) is 0 Å². The van der Waals surface area contributed by atoms with Crippen LogP contribution in [0, 0.1) is 5.82 Å². The standard InChI is InChI=1S/C15H12BrCl2F/c16-9-11(12-3-1-2-4-13(12)17)7-10-5-6-14(18)15(19)8-10/h1-6,8,11H,7,9H2. The Balaban J connectivity index is 2.24. The van der Waals surface area contributed by atoms with Crippen molar-refractivity contribution in [3.8, 4) is 0 Å². The summed E-state index contributed by atoms with van der Waals surface area (Å²) in [5.41, 5.74) is 1.97. The Morgan fingerprint density at radius 3 is 2.42 bits per heavy atom. The monoisotopic (exact) mass is 360 g/mol. The lowest BCUT2D eigenvalue weighted by Crippen LogP contribution is -2.05. The van der Waals surface area contributed by atoms with Crippen LogP contribution in [-0.2, 0) is 6.42 Å². The maximum Gasteiger partial charge on any atom is 0.142 e. The fraction of sp³-hybridized carbons (Fsp3) is 0.200. The van der Waals surface area contributed by atoms with Crippen molar-refractivity contribution in [2.24, 2.45) is 0 Å². The van der Waals surface area contributed by atoms with E-state index >= 15 is 0 Å². The number of benzene rings is 2. The molecule has 0 fully saturated rings. The molecule has 0 aliphatic rings. The molecule has 0 spiro atoms. The molecule has 0 radical (unpaired) electrons. The number of halogens is 4. The van der Waals surface area contributed by atoms with Crippen molar-refractivity contribution in [3.63, 3.8) is 0 Å². The first-order valence-corrected chi connectivity index (χ1v) is 7.74. The van der Waals surface area contributed by atoms with Gasteiger partial charge in [-0.3, -0.25) is 0 Å². The van der Waals surface area contributed by atoms with Crippen molar-refractivity contribution in [2.75, 3.05) is 5.33 Å². The Morgan fingerprint density at radius 2 is 1.79 bits per heavy atom. The minimum absolute atomic E-state index is 0.150. The predicted octanol–water partition coefficient (Wildman–Crippen LogP) is 5.85. The summed E-state index contributed by atoms with van der Waals surface area (Å²) in [4.78, 5) is 0. The summed E-state index contributed by atoms with van der Waals surface area (Å²) >= 11 is 15.4. The van der Waals surface area contributed by atoms with Gasteiger partial charge in [0, 0.05) is 10.4 Å². The van der Waals surface area contributed by atoms with Crippen molar-refractivity contribution < 1.29 is 4.39 Å². The second-order valence-electron chi connectivity index (χ2n) is 4.33. The van der Waals surface area contributed by atoms with Gasteiger partial charge in [-0.1, -0.05) is 63.4 Å². The van der Waals surface area contributed by atoms with Gasteiger partial charge in [-0.2, -0.15) is 0 Å². The number of alkyl halides is 1. The summed E-state index contributed by atoms with van der Waals surface area (Å²) in [5, 5.41) is 1.65. The second-order valence-corrected chi connectivity index (χ2v) is 5.79. The van der Waals surface area contributed by atoms with E-state index < -0.39 is 0 Å². The van der Waals surface area contributed by atoms with Crippen LogP contribution in [0.5, 0.6) is 0 Å². The zero-order chi connectivity index (χ0) is 13.8. The highest BCUT2D eigenvalue weighted by Crippen LogP contribution is 2.29. The average molecular weight is 362 g/mol. The smallest absolute Gasteiger partial charge is 0.142 e. The molecule has 0 amide bonds. The van der Waals surface area contributed by atoms with E-state index in [0.717, 1.165) is 21.5 Å². The van der Waals surface area contributed by atoms with Crippen molar-refractivity contribution >= 4 is 39.1 Å². The van der Waals surface area contributed by atoms with Gasteiger partial charge in [0.2, 0.25) is 0 Å². The molecule has 0 nitrogen and oxygen atoms in total. The van der Waals surface area contributed by atoms with Crippen molar-refractivity contribution in [2.45, 2.75) is 12.3 Å². The first kappa shape index (κ1) is 14.8. The fourth-order valence-corrected chi connectivity index (χ4v) is 2.99. The summed E-state index contributed by atoms with van der Waals surface area (Å²) in [6.07, 6.45) is 0.711. The third-order valence-corrected chi connectivity index (χ3v) is 4.43. The van der Waals surface area contributed by atoms with Gasteiger partial charge in [0.25, 0.3) is 0 Å². The Bertz CT molecular complexity index is 572. The molecule has 2 aromatic rings. The maximum absolute atomic E-state index is 13.4. The van der Waals surface area contributed by atoms with Crippen LogP contribution in [0.1, 0.15) is 17.0 Å². The average Bonchev–Trinajstić information content (AvgIpc) is 2.41. The molecule has 100 valence electrons. The fourth-order valence-electron chi connectivity index (χ4n) is 2.00. The molecule has 0 N–H and O–H groups in total. The predicted molar refractivity (Wildman–Crippen MR) is 83.1 cm³/mol. The van der Waals surface area contributed by atoms with Crippen molar-refractivity contribution in [1.29, 1.82) is 0 Å². The van der Waals surface area contributed by atoms with Gasteiger partial charge < -0.3 is 0 Å². The van der Waals surface area contributed by atoms with Gasteiger partial charge in [0.05, 0.1) is 5.02 Å². The minimum Gasteiger partial charge on any atom is -0.205 e. The summed E-state index contributed by atoms with van der Waals surface area (Å²) in [6.45, 7) is 0. The van der Waals surface area contributed by atoms with E-state index in [4.69, 9.17) is 23.2 Å². The van der Waals surface area contributed by atoms with E-state index in [9.17, 15) is 4.39 Å². The molecule has 2 aromatic carbocycles. The quantitative estimate of drug-likeness (QED) is 0.599. The molecule has 0 saturated carbocycles. The van der Waals surface area contributed by atoms with Crippen LogP contribution in [0.15, 0.2) is 42.5 Å². The molecule has 19 heavy (non-hydrogen) atoms. The molecule has 1 atom stereocenters. The van der Waals surface area contributed by atoms with E-state index in [1.54, 1.807) is 6.07 Å². The lowest BCUT2D eigenvalue weighted by atomic mass is 9.93. The SMILES string of the molecule is Fc1cc(CC(CBr)c2ccccc2Cl)ccc1Cl. The normalized spacial score (nSPS) is 12.4. The summed E-state index contributed by atoms with van der Waals surface area (Å²) in [5.74, 6) is -0.180. The third kappa shape index (κ3) is 3.71. The van der Waals surface area contributed by atoms with Crippen LogP contribution in [-0.4, -0.2) is 5.33 Å². The zero-order valence-corrected chi connectivity index (χ0v) is 13.1. The van der Waals surface area contributed by atoms with E-state index in [1.165, 1.54) is 6.07 Å². The van der Waals surface area contributed by atoms with Crippen LogP contribution in [0.3, 0.4) is 0 Å². The molecule has 0 bridgehead atoms. The lowest BCUT2D eigenvalue weighted by Gasteiger charge is -2.16. The van der Waals surface area contributed by atoms with Crippen molar-refractivity contribution in [3.05, 3.63) is 69.5 Å². The van der Waals surface area contributed by atoms with Gasteiger partial charge in [-0.05, 0) is 41.7 Å². The molecule has 1 unspecified atom stereocenters. The molecule has 0 aromatic heterocycles. The maximum atomic E-state index is 13.4. The topological polar surface area (TPSA) is 0 Å². The largest absolute Gasteiger partial charge is 0.205 e. The molecule has 0 saturated heterocycles. The van der Waals surface area contributed by atoms with Crippen LogP contribution in [0.4, 0.5) is 4.39 Å². The number of hydrogen-bond acceptors (Lipinski definition) is 0. The highest BCUT2D eigenvalue weighted by Gasteiger charge is 2.14. The van der Waals surface area contributed by atoms with Crippen LogP contribution < -0.4 is 0 Å². The van der Waals surface area contributed by atoms with E-state index in [-0.39, 0.29) is 16.8 Å². The van der Waals surface area contributed by atoms with Gasteiger partial charge in [0.15, 0.2) is 0 Å². The molecule has 0 aliphatic carbocycles. The molecule has 2 rings (SSSR count). The summed E-state index contributed by atoms with van der Waals surface area (Å²) in [7, 11) is 0. The van der Waals surface area contributed by atoms with E-state index in [2.05, 4.69) is 15.9 Å². The molecule has 0 aliphatic heterocycles. The van der Waals surface area contributed by atoms with Gasteiger partial charge >= 0.3 is 0 Å². The second kappa shape index (κ2) is 6.74. The van der Waals surface area contributed by atoms with Gasteiger partial charge in [-0.25, -0.2) is 4.39 Å². The summed E-state index contributed by atoms with van der Waals surface area (Å²) in [6, 6.07) is 12.6. The van der Waals surface area contributed by atoms with Crippen molar-refractivity contribution in [1.82, 2.24) is 0 Å². The Morgan fingerprint density at radius 1 is 1.05 bits per heavy atom. The molecule has 0 heterocycles. The first-order valence-electron chi connectivity index (χ1n) is 5.86. The van der Waals surface area contributed by atoms with E-state index in [1.807, 2.05) is 30.3 Å². The van der Waals surface area contributed by atoms with Gasteiger partial charge in [0.1, 0.15) is 5.82 Å². The molecular weight excluding hydrogens is 350 g/mol. The third-order valence-electron chi connectivity index (χ3n) is 3.00. The minimum atomic E-state index is -0.383. The van der Waals surface area contributed by atoms with E-state index in [0.29, 0.717) is 6.42 Å². The Hall–Kier alpha value is -0.570. The van der Waals surface area contributed by atoms with Crippen LogP contribution in [0.2, 0.25) is 10.0 Å². The lowest BCUT2D eigenvalue weighted by molar-refractivity contribution is 0.624. The number of rotatable bonds is 4. The Labute approximate surface area is 130 Å². The highest BCUT2D eigenvalue weighted by atomic mass is 79.9. The zero-order valence-electron chi connectivity index (χ0n) is 10.0. The van der Waals surface area contributed by atoms with Gasteiger partial charge in [-0.15, -0.1) is 0 Å².